The zero-order valence-electron chi connectivity index (χ0n) is 14.5. The van der Waals surface area contributed by atoms with E-state index in [1.807, 2.05) is 0 Å². The van der Waals surface area contributed by atoms with Crippen molar-refractivity contribution in [3.8, 4) is 0 Å². The van der Waals surface area contributed by atoms with E-state index in [9.17, 15) is 0 Å². The van der Waals surface area contributed by atoms with E-state index in [-0.39, 0.29) is 0 Å². The number of hydrogen-bond donors (Lipinski definition) is 0. The maximum absolute atomic E-state index is 2.74. The first-order valence-corrected chi connectivity index (χ1v) is 10.3. The molecule has 0 bridgehead atoms. The molecule has 0 nitrogen and oxygen atoms in total. The van der Waals surface area contributed by atoms with Crippen LogP contribution in [0.4, 0.5) is 0 Å². The fourth-order valence-electron chi connectivity index (χ4n) is 6.20. The molecule has 0 aliphatic heterocycles. The maximum atomic E-state index is 2.74. The van der Waals surface area contributed by atoms with Crippen molar-refractivity contribution in [2.75, 3.05) is 0 Å². The van der Waals surface area contributed by atoms with E-state index in [1.54, 1.807) is 44.9 Å². The predicted octanol–water partition coefficient (Wildman–Crippen LogP) is 7.12. The van der Waals surface area contributed by atoms with Crippen molar-refractivity contribution >= 4 is 0 Å². The van der Waals surface area contributed by atoms with E-state index in [2.05, 4.69) is 6.92 Å². The molecule has 0 amide bonds. The Balaban J connectivity index is 1.71. The van der Waals surface area contributed by atoms with Crippen molar-refractivity contribution in [2.45, 2.75) is 110 Å². The van der Waals surface area contributed by atoms with Crippen LogP contribution in [0.1, 0.15) is 110 Å². The second-order valence-corrected chi connectivity index (χ2v) is 8.88. The van der Waals surface area contributed by atoms with Gasteiger partial charge in [0.1, 0.15) is 0 Å². The molecule has 21 heavy (non-hydrogen) atoms. The van der Waals surface area contributed by atoms with Gasteiger partial charge < -0.3 is 0 Å². The van der Waals surface area contributed by atoms with Crippen molar-refractivity contribution in [3.63, 3.8) is 0 Å². The van der Waals surface area contributed by atoms with Gasteiger partial charge in [-0.05, 0) is 55.3 Å². The molecule has 3 fully saturated rings. The minimum absolute atomic E-state index is 0.697. The molecule has 3 aliphatic rings. The first-order chi connectivity index (χ1) is 10.3. The highest BCUT2D eigenvalue weighted by Crippen LogP contribution is 2.53. The Labute approximate surface area is 133 Å². The van der Waals surface area contributed by atoms with Gasteiger partial charge in [-0.25, -0.2) is 0 Å². The molecule has 3 rings (SSSR count). The zero-order chi connectivity index (χ0) is 14.5. The van der Waals surface area contributed by atoms with Gasteiger partial charge in [-0.2, -0.15) is 0 Å². The predicted molar refractivity (Wildman–Crippen MR) is 92.4 cm³/mol. The van der Waals surface area contributed by atoms with Crippen molar-refractivity contribution in [2.24, 2.45) is 23.2 Å². The SMILES string of the molecule is CC(CC1CCCCC1)(C1CCCCC1)C1CCCCC1. The summed E-state index contributed by atoms with van der Waals surface area (Å²) in [5, 5.41) is 0. The molecule has 3 saturated carbocycles. The van der Waals surface area contributed by atoms with Gasteiger partial charge >= 0.3 is 0 Å². The highest BCUT2D eigenvalue weighted by Gasteiger charge is 2.42. The lowest BCUT2D eigenvalue weighted by molar-refractivity contribution is 0.0105. The summed E-state index contributed by atoms with van der Waals surface area (Å²) in [5.41, 5.74) is 0.697. The van der Waals surface area contributed by atoms with E-state index in [0.29, 0.717) is 5.41 Å². The van der Waals surface area contributed by atoms with Gasteiger partial charge in [-0.1, -0.05) is 77.6 Å². The molecule has 0 aromatic rings. The Hall–Kier alpha value is 0. The summed E-state index contributed by atoms with van der Waals surface area (Å²) in [6.45, 7) is 2.74. The topological polar surface area (TPSA) is 0 Å². The summed E-state index contributed by atoms with van der Waals surface area (Å²) in [6, 6.07) is 0. The third-order valence-electron chi connectivity index (χ3n) is 7.53. The Morgan fingerprint density at radius 3 is 1.38 bits per heavy atom. The summed E-state index contributed by atoms with van der Waals surface area (Å²) in [7, 11) is 0. The molecule has 0 aromatic heterocycles. The van der Waals surface area contributed by atoms with Gasteiger partial charge in [-0.3, -0.25) is 0 Å². The third-order valence-corrected chi connectivity index (χ3v) is 7.53. The minimum atomic E-state index is 0.697. The summed E-state index contributed by atoms with van der Waals surface area (Å²) in [5.74, 6) is 3.21. The molecule has 0 radical (unpaired) electrons. The minimum Gasteiger partial charge on any atom is -0.0591 e. The second-order valence-electron chi connectivity index (χ2n) is 8.88. The molecule has 0 spiro atoms. The molecule has 3 aliphatic carbocycles. The number of hydrogen-bond acceptors (Lipinski definition) is 0. The Kier molecular flexibility index (Phi) is 5.68. The zero-order valence-corrected chi connectivity index (χ0v) is 14.5. The smallest absolute Gasteiger partial charge is 0.0267 e. The van der Waals surface area contributed by atoms with Crippen LogP contribution in [0.25, 0.3) is 0 Å². The summed E-state index contributed by atoms with van der Waals surface area (Å²) in [6.07, 6.45) is 24.6. The first kappa shape index (κ1) is 15.9. The molecular weight excluding hydrogens is 252 g/mol. The van der Waals surface area contributed by atoms with E-state index in [1.165, 1.54) is 57.8 Å². The van der Waals surface area contributed by atoms with Crippen molar-refractivity contribution < 1.29 is 0 Å². The lowest BCUT2D eigenvalue weighted by Crippen LogP contribution is -2.39. The van der Waals surface area contributed by atoms with Crippen molar-refractivity contribution in [1.29, 1.82) is 0 Å². The summed E-state index contributed by atoms with van der Waals surface area (Å²) in [4.78, 5) is 0. The summed E-state index contributed by atoms with van der Waals surface area (Å²) >= 11 is 0. The molecule has 0 N–H and O–H groups in total. The van der Waals surface area contributed by atoms with Crippen molar-refractivity contribution in [1.82, 2.24) is 0 Å². The third kappa shape index (κ3) is 3.85. The van der Waals surface area contributed by atoms with Crippen LogP contribution in [0.2, 0.25) is 0 Å². The lowest BCUT2D eigenvalue weighted by Gasteiger charge is -2.49. The number of rotatable bonds is 4. The highest BCUT2D eigenvalue weighted by atomic mass is 14.5. The van der Waals surface area contributed by atoms with Crippen molar-refractivity contribution in [3.05, 3.63) is 0 Å². The van der Waals surface area contributed by atoms with Gasteiger partial charge in [0.15, 0.2) is 0 Å². The van der Waals surface area contributed by atoms with Crippen LogP contribution in [0, 0.1) is 23.2 Å². The normalized spacial score (nSPS) is 27.9. The van der Waals surface area contributed by atoms with Gasteiger partial charge in [0.25, 0.3) is 0 Å². The monoisotopic (exact) mass is 290 g/mol. The maximum Gasteiger partial charge on any atom is -0.0267 e. The first-order valence-electron chi connectivity index (χ1n) is 10.3. The Bertz CT molecular complexity index is 269. The molecule has 0 saturated heterocycles. The second kappa shape index (κ2) is 7.51. The van der Waals surface area contributed by atoms with Crippen LogP contribution in [0.5, 0.6) is 0 Å². The standard InChI is InChI=1S/C21H38/c1-21(19-13-7-3-8-14-19,20-15-9-4-10-16-20)17-18-11-5-2-6-12-18/h18-20H,2-17H2,1H3. The van der Waals surface area contributed by atoms with E-state index in [0.717, 1.165) is 17.8 Å². The quantitative estimate of drug-likeness (QED) is 0.517. The molecule has 0 atom stereocenters. The van der Waals surface area contributed by atoms with E-state index >= 15 is 0 Å². The van der Waals surface area contributed by atoms with Crippen LogP contribution >= 0.6 is 0 Å². The molecule has 0 heterocycles. The molecule has 0 heteroatoms. The fraction of sp³-hybridized carbons (Fsp3) is 1.00. The van der Waals surface area contributed by atoms with E-state index < -0.39 is 0 Å². The molecular formula is C21H38. The van der Waals surface area contributed by atoms with Crippen LogP contribution in [0.3, 0.4) is 0 Å². The van der Waals surface area contributed by atoms with Gasteiger partial charge in [0.05, 0.1) is 0 Å². The molecule has 0 aromatic carbocycles. The van der Waals surface area contributed by atoms with Crippen LogP contribution in [0.15, 0.2) is 0 Å². The van der Waals surface area contributed by atoms with Crippen LogP contribution in [-0.4, -0.2) is 0 Å². The average molecular weight is 291 g/mol. The van der Waals surface area contributed by atoms with Gasteiger partial charge in [-0.15, -0.1) is 0 Å². The Morgan fingerprint density at radius 1 is 0.571 bits per heavy atom. The highest BCUT2D eigenvalue weighted by molar-refractivity contribution is 4.93. The molecule has 122 valence electrons. The van der Waals surface area contributed by atoms with Gasteiger partial charge in [0, 0.05) is 0 Å². The van der Waals surface area contributed by atoms with Gasteiger partial charge in [0.2, 0.25) is 0 Å². The van der Waals surface area contributed by atoms with E-state index in [4.69, 9.17) is 0 Å². The largest absolute Gasteiger partial charge is 0.0591 e. The molecule has 0 unspecified atom stereocenters. The average Bonchev–Trinajstić information content (AvgIpc) is 2.57. The fourth-order valence-corrected chi connectivity index (χ4v) is 6.20. The van der Waals surface area contributed by atoms with Crippen LogP contribution in [-0.2, 0) is 0 Å². The van der Waals surface area contributed by atoms with Crippen LogP contribution < -0.4 is 0 Å². The lowest BCUT2D eigenvalue weighted by atomic mass is 9.56. The summed E-state index contributed by atoms with van der Waals surface area (Å²) < 4.78 is 0. The Morgan fingerprint density at radius 2 is 0.952 bits per heavy atom.